The second-order valence-electron chi connectivity index (χ2n) is 6.62. The van der Waals surface area contributed by atoms with Crippen molar-refractivity contribution in [3.8, 4) is 0 Å². The summed E-state index contributed by atoms with van der Waals surface area (Å²) in [6.45, 7) is 13.8. The highest BCUT2D eigenvalue weighted by atomic mass is 15.2. The maximum atomic E-state index is 6.24. The van der Waals surface area contributed by atoms with Crippen molar-refractivity contribution in [2.24, 2.45) is 17.6 Å². The molecule has 2 heteroatoms. The molecule has 0 aromatic heterocycles. The highest BCUT2D eigenvalue weighted by Gasteiger charge is 2.45. The van der Waals surface area contributed by atoms with Crippen LogP contribution in [0.5, 0.6) is 0 Å². The molecule has 1 fully saturated rings. The molecule has 2 N–H and O–H groups in total. The van der Waals surface area contributed by atoms with E-state index in [1.165, 1.54) is 38.6 Å². The average Bonchev–Trinajstić information content (AvgIpc) is 2.71. The van der Waals surface area contributed by atoms with Gasteiger partial charge in [-0.3, -0.25) is 4.90 Å². The van der Waals surface area contributed by atoms with E-state index in [0.717, 1.165) is 18.4 Å². The summed E-state index contributed by atoms with van der Waals surface area (Å²) in [4.78, 5) is 2.79. The van der Waals surface area contributed by atoms with Crippen molar-refractivity contribution in [1.29, 1.82) is 0 Å². The lowest BCUT2D eigenvalue weighted by atomic mass is 9.83. The van der Waals surface area contributed by atoms with Gasteiger partial charge < -0.3 is 5.73 Å². The summed E-state index contributed by atoms with van der Waals surface area (Å²) >= 11 is 0. The first kappa shape index (κ1) is 16.0. The molecule has 0 radical (unpaired) electrons. The minimum absolute atomic E-state index is 0.279. The predicted octanol–water partition coefficient (Wildman–Crippen LogP) is 3.65. The van der Waals surface area contributed by atoms with E-state index in [1.54, 1.807) is 0 Å². The fraction of sp³-hybridized carbons (Fsp3) is 1.00. The van der Waals surface area contributed by atoms with Gasteiger partial charge in [0.25, 0.3) is 0 Å². The van der Waals surface area contributed by atoms with Crippen molar-refractivity contribution in [2.45, 2.75) is 78.3 Å². The van der Waals surface area contributed by atoms with E-state index >= 15 is 0 Å². The van der Waals surface area contributed by atoms with Crippen LogP contribution in [-0.2, 0) is 0 Å². The van der Waals surface area contributed by atoms with E-state index in [1.807, 2.05) is 0 Å². The number of hydrogen-bond acceptors (Lipinski definition) is 2. The van der Waals surface area contributed by atoms with Gasteiger partial charge in [-0.15, -0.1) is 0 Å². The second-order valence-corrected chi connectivity index (χ2v) is 6.62. The first-order chi connectivity index (χ1) is 8.51. The average molecular weight is 254 g/mol. The van der Waals surface area contributed by atoms with E-state index in [0.29, 0.717) is 6.04 Å². The summed E-state index contributed by atoms with van der Waals surface area (Å²) in [6, 6.07) is 0.705. The number of hydrogen-bond donors (Lipinski definition) is 1. The SMILES string of the molecule is CCC(CC)N(CC(C)C)C1(CN)CCCC1C. The normalized spacial score (nSPS) is 28.8. The Labute approximate surface area is 114 Å². The zero-order valence-corrected chi connectivity index (χ0v) is 13.2. The standard InChI is InChI=1S/C16H34N2/c1-6-15(7-2)18(11-13(3)4)16(12-17)10-8-9-14(16)5/h13-15H,6-12,17H2,1-5H3. The summed E-state index contributed by atoms with van der Waals surface area (Å²) in [6.07, 6.45) is 6.50. The second kappa shape index (κ2) is 6.91. The molecule has 0 aromatic rings. The van der Waals surface area contributed by atoms with Crippen LogP contribution in [0.3, 0.4) is 0 Å². The van der Waals surface area contributed by atoms with Gasteiger partial charge in [0.1, 0.15) is 0 Å². The molecule has 1 aliphatic carbocycles. The molecule has 18 heavy (non-hydrogen) atoms. The molecule has 0 amide bonds. The minimum atomic E-state index is 0.279. The lowest BCUT2D eigenvalue weighted by Gasteiger charge is -2.49. The van der Waals surface area contributed by atoms with E-state index < -0.39 is 0 Å². The molecule has 0 spiro atoms. The molecule has 0 aromatic carbocycles. The molecular weight excluding hydrogens is 220 g/mol. The van der Waals surface area contributed by atoms with Crippen molar-refractivity contribution in [1.82, 2.24) is 4.90 Å². The van der Waals surface area contributed by atoms with Crippen molar-refractivity contribution >= 4 is 0 Å². The lowest BCUT2D eigenvalue weighted by molar-refractivity contribution is 0.00938. The largest absolute Gasteiger partial charge is 0.329 e. The number of nitrogens with two attached hydrogens (primary N) is 1. The molecular formula is C16H34N2. The predicted molar refractivity (Wildman–Crippen MR) is 80.7 cm³/mol. The smallest absolute Gasteiger partial charge is 0.0360 e. The maximum absolute atomic E-state index is 6.24. The van der Waals surface area contributed by atoms with Crippen LogP contribution in [-0.4, -0.2) is 29.6 Å². The van der Waals surface area contributed by atoms with Gasteiger partial charge in [0.15, 0.2) is 0 Å². The molecule has 0 heterocycles. The van der Waals surface area contributed by atoms with Gasteiger partial charge in [0, 0.05) is 24.7 Å². The molecule has 2 nitrogen and oxygen atoms in total. The van der Waals surface area contributed by atoms with Gasteiger partial charge >= 0.3 is 0 Å². The Balaban J connectivity index is 2.98. The first-order valence-corrected chi connectivity index (χ1v) is 7.98. The minimum Gasteiger partial charge on any atom is -0.329 e. The van der Waals surface area contributed by atoms with Crippen molar-refractivity contribution < 1.29 is 0 Å². The van der Waals surface area contributed by atoms with Crippen LogP contribution in [0.25, 0.3) is 0 Å². The van der Waals surface area contributed by atoms with Crippen molar-refractivity contribution in [3.63, 3.8) is 0 Å². The topological polar surface area (TPSA) is 29.3 Å². The van der Waals surface area contributed by atoms with Crippen LogP contribution in [0.15, 0.2) is 0 Å². The van der Waals surface area contributed by atoms with E-state index in [2.05, 4.69) is 39.5 Å². The summed E-state index contributed by atoms with van der Waals surface area (Å²) in [5.41, 5.74) is 6.52. The van der Waals surface area contributed by atoms with Gasteiger partial charge in [0.2, 0.25) is 0 Å². The lowest BCUT2D eigenvalue weighted by Crippen LogP contribution is -2.60. The third-order valence-corrected chi connectivity index (χ3v) is 5.03. The molecule has 0 bridgehead atoms. The Hall–Kier alpha value is -0.0800. The van der Waals surface area contributed by atoms with Crippen LogP contribution in [0.4, 0.5) is 0 Å². The van der Waals surface area contributed by atoms with Crippen LogP contribution < -0.4 is 5.73 Å². The van der Waals surface area contributed by atoms with Crippen LogP contribution in [0, 0.1) is 11.8 Å². The summed E-state index contributed by atoms with van der Waals surface area (Å²) in [5.74, 6) is 1.48. The van der Waals surface area contributed by atoms with Crippen LogP contribution in [0.2, 0.25) is 0 Å². The van der Waals surface area contributed by atoms with Crippen LogP contribution in [0.1, 0.15) is 66.7 Å². The maximum Gasteiger partial charge on any atom is 0.0360 e. The Morgan fingerprint density at radius 2 is 1.89 bits per heavy atom. The van der Waals surface area contributed by atoms with Crippen molar-refractivity contribution in [2.75, 3.05) is 13.1 Å². The monoisotopic (exact) mass is 254 g/mol. The first-order valence-electron chi connectivity index (χ1n) is 7.98. The number of rotatable bonds is 7. The highest BCUT2D eigenvalue weighted by Crippen LogP contribution is 2.41. The summed E-state index contributed by atoms with van der Waals surface area (Å²) in [5, 5.41) is 0. The Morgan fingerprint density at radius 1 is 1.28 bits per heavy atom. The van der Waals surface area contributed by atoms with Gasteiger partial charge in [-0.25, -0.2) is 0 Å². The van der Waals surface area contributed by atoms with E-state index in [4.69, 9.17) is 5.73 Å². The van der Waals surface area contributed by atoms with Gasteiger partial charge in [-0.1, -0.05) is 41.0 Å². The zero-order valence-electron chi connectivity index (χ0n) is 13.2. The quantitative estimate of drug-likeness (QED) is 0.751. The molecule has 1 aliphatic rings. The van der Waals surface area contributed by atoms with Gasteiger partial charge in [-0.2, -0.15) is 0 Å². The molecule has 108 valence electrons. The fourth-order valence-electron chi connectivity index (χ4n) is 3.89. The third-order valence-electron chi connectivity index (χ3n) is 5.03. The molecule has 0 saturated heterocycles. The Bertz CT molecular complexity index is 235. The number of nitrogens with zero attached hydrogens (tertiary/aromatic N) is 1. The molecule has 1 rings (SSSR count). The van der Waals surface area contributed by atoms with Crippen molar-refractivity contribution in [3.05, 3.63) is 0 Å². The third kappa shape index (κ3) is 3.08. The molecule has 2 atom stereocenters. The zero-order chi connectivity index (χ0) is 13.8. The summed E-state index contributed by atoms with van der Waals surface area (Å²) < 4.78 is 0. The molecule has 0 aliphatic heterocycles. The molecule has 2 unspecified atom stereocenters. The highest BCUT2D eigenvalue weighted by molar-refractivity contribution is 5.02. The van der Waals surface area contributed by atoms with Gasteiger partial charge in [0.05, 0.1) is 0 Å². The van der Waals surface area contributed by atoms with Crippen LogP contribution >= 0.6 is 0 Å². The fourth-order valence-corrected chi connectivity index (χ4v) is 3.89. The Morgan fingerprint density at radius 3 is 2.22 bits per heavy atom. The van der Waals surface area contributed by atoms with Gasteiger partial charge in [-0.05, 0) is 37.5 Å². The van der Waals surface area contributed by atoms with E-state index in [9.17, 15) is 0 Å². The Kier molecular flexibility index (Phi) is 6.13. The summed E-state index contributed by atoms with van der Waals surface area (Å²) in [7, 11) is 0. The molecule has 1 saturated carbocycles. The van der Waals surface area contributed by atoms with E-state index in [-0.39, 0.29) is 5.54 Å².